The summed E-state index contributed by atoms with van der Waals surface area (Å²) in [6.45, 7) is 0.352. The monoisotopic (exact) mass is 396 g/mol. The molecule has 1 aliphatic rings. The van der Waals surface area contributed by atoms with Crippen molar-refractivity contribution in [2.45, 2.75) is 19.1 Å². The van der Waals surface area contributed by atoms with Crippen LogP contribution < -0.4 is 11.1 Å². The Morgan fingerprint density at radius 2 is 1.70 bits per heavy atom. The lowest BCUT2D eigenvalue weighted by Gasteiger charge is -2.25. The van der Waals surface area contributed by atoms with Crippen molar-refractivity contribution in [3.05, 3.63) is 105 Å². The maximum absolute atomic E-state index is 12.6. The Kier molecular flexibility index (Phi) is 5.05. The number of nitriles is 1. The summed E-state index contributed by atoms with van der Waals surface area (Å²) < 4.78 is 0. The summed E-state index contributed by atoms with van der Waals surface area (Å²) >= 11 is 0. The van der Waals surface area contributed by atoms with Gasteiger partial charge in [0, 0.05) is 17.7 Å². The van der Waals surface area contributed by atoms with Crippen molar-refractivity contribution in [2.75, 3.05) is 0 Å². The molecule has 0 aliphatic heterocycles. The van der Waals surface area contributed by atoms with E-state index in [1.54, 1.807) is 48.5 Å². The molecule has 0 bridgehead atoms. The van der Waals surface area contributed by atoms with Gasteiger partial charge < -0.3 is 16.2 Å². The van der Waals surface area contributed by atoms with Crippen LogP contribution in [0, 0.1) is 16.7 Å². The molecule has 6 heteroatoms. The lowest BCUT2D eigenvalue weighted by atomic mass is 9.82. The van der Waals surface area contributed by atoms with Gasteiger partial charge in [-0.05, 0) is 58.5 Å². The van der Waals surface area contributed by atoms with Crippen LogP contribution in [0.5, 0.6) is 0 Å². The van der Waals surface area contributed by atoms with Crippen LogP contribution in [0.1, 0.15) is 55.4 Å². The number of hydrogen-bond acceptors (Lipinski definition) is 4. The Hall–Kier alpha value is -3.95. The molecule has 0 saturated heterocycles. The van der Waals surface area contributed by atoms with E-state index in [-0.39, 0.29) is 11.7 Å². The summed E-state index contributed by atoms with van der Waals surface area (Å²) in [5, 5.41) is 30.2. The largest absolute Gasteiger partial charge is 0.384 e. The lowest BCUT2D eigenvalue weighted by molar-refractivity contribution is 0.0950. The van der Waals surface area contributed by atoms with Gasteiger partial charge >= 0.3 is 0 Å². The fourth-order valence-corrected chi connectivity index (χ4v) is 3.72. The molecule has 1 atom stereocenters. The minimum Gasteiger partial charge on any atom is -0.384 e. The van der Waals surface area contributed by atoms with Gasteiger partial charge in [0.05, 0.1) is 11.6 Å². The number of amidine groups is 1. The molecule has 1 amide bonds. The highest BCUT2D eigenvalue weighted by atomic mass is 16.3. The minimum absolute atomic E-state index is 0.00490. The van der Waals surface area contributed by atoms with Crippen LogP contribution in [0.15, 0.2) is 60.7 Å². The topological polar surface area (TPSA) is 123 Å². The Labute approximate surface area is 174 Å². The summed E-state index contributed by atoms with van der Waals surface area (Å²) in [4.78, 5) is 12.6. The van der Waals surface area contributed by atoms with Crippen molar-refractivity contribution in [3.63, 3.8) is 0 Å². The average molecular weight is 396 g/mol. The number of hydrogen-bond donors (Lipinski definition) is 4. The molecule has 30 heavy (non-hydrogen) atoms. The molecule has 1 unspecified atom stereocenters. The van der Waals surface area contributed by atoms with E-state index in [0.29, 0.717) is 29.7 Å². The second kappa shape index (κ2) is 7.82. The highest BCUT2D eigenvalue weighted by Gasteiger charge is 2.24. The number of nitrogen functional groups attached to an aromatic ring is 1. The number of fused-ring (bicyclic) bond motifs is 2. The van der Waals surface area contributed by atoms with Gasteiger partial charge in [0.15, 0.2) is 0 Å². The van der Waals surface area contributed by atoms with Gasteiger partial charge in [0.2, 0.25) is 0 Å². The summed E-state index contributed by atoms with van der Waals surface area (Å²) in [7, 11) is 0. The number of nitrogens with two attached hydrogens (primary N) is 1. The standard InChI is InChI=1S/C24H20N4O2/c25-12-15-3-7-20-18(9-15)11-19-10-17(6-8-21(19)22(20)29)24(30)28-13-14-1-4-16(5-2-14)23(26)27/h1-10,22,29H,11,13H2,(H3,26,27)(H,28,30). The lowest BCUT2D eigenvalue weighted by Crippen LogP contribution is -2.23. The quantitative estimate of drug-likeness (QED) is 0.400. The van der Waals surface area contributed by atoms with Crippen molar-refractivity contribution < 1.29 is 9.90 Å². The maximum atomic E-state index is 12.6. The fraction of sp³-hybridized carbons (Fsp3) is 0.125. The number of carbonyl (C=O) groups is 1. The first-order chi connectivity index (χ1) is 14.5. The number of nitrogens with one attached hydrogen (secondary N) is 2. The van der Waals surface area contributed by atoms with Crippen molar-refractivity contribution in [2.24, 2.45) is 5.73 Å². The number of nitrogens with zero attached hydrogens (tertiary/aromatic N) is 1. The van der Waals surface area contributed by atoms with Gasteiger partial charge in [-0.1, -0.05) is 36.4 Å². The number of aliphatic hydroxyl groups is 1. The molecule has 4 rings (SSSR count). The molecule has 3 aromatic carbocycles. The van der Waals surface area contributed by atoms with Crippen LogP contribution in [0.4, 0.5) is 0 Å². The molecule has 6 nitrogen and oxygen atoms in total. The van der Waals surface area contributed by atoms with E-state index in [4.69, 9.17) is 16.4 Å². The zero-order valence-electron chi connectivity index (χ0n) is 16.1. The van der Waals surface area contributed by atoms with Crippen LogP contribution >= 0.6 is 0 Å². The van der Waals surface area contributed by atoms with E-state index in [1.165, 1.54) is 0 Å². The Morgan fingerprint density at radius 1 is 1.07 bits per heavy atom. The van der Waals surface area contributed by atoms with Crippen molar-refractivity contribution in [3.8, 4) is 6.07 Å². The predicted octanol–water partition coefficient (Wildman–Crippen LogP) is 2.76. The normalized spacial score (nSPS) is 14.2. The number of aliphatic hydroxyl groups excluding tert-OH is 1. The first-order valence-corrected chi connectivity index (χ1v) is 9.51. The zero-order valence-corrected chi connectivity index (χ0v) is 16.1. The van der Waals surface area contributed by atoms with Gasteiger partial charge in [0.25, 0.3) is 5.91 Å². The molecule has 0 radical (unpaired) electrons. The second-order valence-electron chi connectivity index (χ2n) is 7.31. The van der Waals surface area contributed by atoms with Gasteiger partial charge in [-0.3, -0.25) is 10.2 Å². The third kappa shape index (κ3) is 3.66. The fourth-order valence-electron chi connectivity index (χ4n) is 3.72. The summed E-state index contributed by atoms with van der Waals surface area (Å²) in [6, 6.07) is 19.9. The molecule has 0 heterocycles. The molecule has 0 spiro atoms. The second-order valence-corrected chi connectivity index (χ2v) is 7.31. The van der Waals surface area contributed by atoms with E-state index >= 15 is 0 Å². The van der Waals surface area contributed by atoms with Crippen LogP contribution in [0.2, 0.25) is 0 Å². The number of rotatable bonds is 4. The third-order valence-electron chi connectivity index (χ3n) is 5.37. The molecule has 1 aliphatic carbocycles. The number of benzene rings is 3. The SMILES string of the molecule is N#Cc1ccc2c(c1)Cc1cc(C(=O)NCc3ccc(C(=N)N)cc3)ccc1C2O. The first-order valence-electron chi connectivity index (χ1n) is 9.51. The van der Waals surface area contributed by atoms with E-state index < -0.39 is 6.10 Å². The van der Waals surface area contributed by atoms with E-state index in [1.807, 2.05) is 12.1 Å². The third-order valence-corrected chi connectivity index (χ3v) is 5.37. The van der Waals surface area contributed by atoms with Crippen LogP contribution in [0.3, 0.4) is 0 Å². The summed E-state index contributed by atoms with van der Waals surface area (Å²) in [6.07, 6.45) is -0.210. The molecule has 5 N–H and O–H groups in total. The average Bonchev–Trinajstić information content (AvgIpc) is 2.77. The number of amides is 1. The first kappa shape index (κ1) is 19.4. The summed E-state index contributed by atoms with van der Waals surface area (Å²) in [5.41, 5.74) is 11.4. The molecule has 148 valence electrons. The maximum Gasteiger partial charge on any atom is 0.251 e. The molecule has 0 aromatic heterocycles. The van der Waals surface area contributed by atoms with E-state index in [9.17, 15) is 9.90 Å². The smallest absolute Gasteiger partial charge is 0.251 e. The molecule has 0 saturated carbocycles. The molecule has 0 fully saturated rings. The predicted molar refractivity (Wildman–Crippen MR) is 113 cm³/mol. The summed E-state index contributed by atoms with van der Waals surface area (Å²) in [5.74, 6) is -0.204. The highest BCUT2D eigenvalue weighted by Crippen LogP contribution is 2.35. The molecular weight excluding hydrogens is 376 g/mol. The molecule has 3 aromatic rings. The van der Waals surface area contributed by atoms with Crippen LogP contribution in [0.25, 0.3) is 0 Å². The zero-order chi connectivity index (χ0) is 21.3. The Bertz CT molecular complexity index is 1190. The van der Waals surface area contributed by atoms with Crippen LogP contribution in [-0.4, -0.2) is 16.8 Å². The van der Waals surface area contributed by atoms with Crippen molar-refractivity contribution in [1.82, 2.24) is 5.32 Å². The van der Waals surface area contributed by atoms with Gasteiger partial charge in [-0.2, -0.15) is 5.26 Å². The Balaban J connectivity index is 1.50. The van der Waals surface area contributed by atoms with E-state index in [0.717, 1.165) is 27.8 Å². The van der Waals surface area contributed by atoms with Gasteiger partial charge in [-0.25, -0.2) is 0 Å². The van der Waals surface area contributed by atoms with Crippen molar-refractivity contribution in [1.29, 1.82) is 10.7 Å². The van der Waals surface area contributed by atoms with E-state index in [2.05, 4.69) is 11.4 Å². The van der Waals surface area contributed by atoms with Gasteiger partial charge in [0.1, 0.15) is 11.9 Å². The van der Waals surface area contributed by atoms with Crippen molar-refractivity contribution >= 4 is 11.7 Å². The highest BCUT2D eigenvalue weighted by molar-refractivity contribution is 5.95. The van der Waals surface area contributed by atoms with Gasteiger partial charge in [-0.15, -0.1) is 0 Å². The Morgan fingerprint density at radius 3 is 2.37 bits per heavy atom. The van der Waals surface area contributed by atoms with Crippen LogP contribution in [-0.2, 0) is 13.0 Å². The molecular formula is C24H20N4O2. The number of carbonyl (C=O) groups excluding carboxylic acids is 1. The minimum atomic E-state index is -0.770.